The van der Waals surface area contributed by atoms with Gasteiger partial charge in [-0.05, 0) is 19.3 Å². The van der Waals surface area contributed by atoms with Gasteiger partial charge in [-0.3, -0.25) is 0 Å². The van der Waals surface area contributed by atoms with E-state index in [1.54, 1.807) is 0 Å². The van der Waals surface area contributed by atoms with E-state index in [-0.39, 0.29) is 11.9 Å². The van der Waals surface area contributed by atoms with Gasteiger partial charge in [0, 0.05) is 0 Å². The fourth-order valence-electron chi connectivity index (χ4n) is 1.10. The molecular weight excluding hydrogens is 190 g/mol. The van der Waals surface area contributed by atoms with Crippen LogP contribution in [0.15, 0.2) is 6.33 Å². The molecule has 0 unspecified atom stereocenters. The van der Waals surface area contributed by atoms with Crippen molar-refractivity contribution in [2.45, 2.75) is 25.4 Å². The van der Waals surface area contributed by atoms with Crippen molar-refractivity contribution >= 4 is 17.4 Å². The Morgan fingerprint density at radius 1 is 1.46 bits per heavy atom. The molecule has 1 fully saturated rings. The monoisotopic (exact) mass is 199 g/mol. The lowest BCUT2D eigenvalue weighted by Crippen LogP contribution is -2.25. The molecule has 0 atom stereocenters. The fourth-order valence-corrected chi connectivity index (χ4v) is 1.24. The number of nitrogen functional groups attached to an aromatic ring is 1. The normalized spacial score (nSPS) is 16.7. The van der Waals surface area contributed by atoms with Crippen LogP contribution in [0.4, 0.5) is 5.82 Å². The summed E-state index contributed by atoms with van der Waals surface area (Å²) in [7, 11) is 0. The van der Waals surface area contributed by atoms with Crippen molar-refractivity contribution in [2.75, 3.05) is 5.73 Å². The average molecular weight is 200 g/mol. The first-order chi connectivity index (χ1) is 6.27. The van der Waals surface area contributed by atoms with E-state index in [2.05, 4.69) is 9.97 Å². The van der Waals surface area contributed by atoms with Crippen molar-refractivity contribution in [1.29, 1.82) is 0 Å². The van der Waals surface area contributed by atoms with Gasteiger partial charge in [-0.1, -0.05) is 11.6 Å². The molecule has 1 heterocycles. The van der Waals surface area contributed by atoms with Gasteiger partial charge in [-0.2, -0.15) is 0 Å². The Hall–Kier alpha value is -1.03. The van der Waals surface area contributed by atoms with Gasteiger partial charge >= 0.3 is 0 Å². The summed E-state index contributed by atoms with van der Waals surface area (Å²) < 4.78 is 5.50. The van der Waals surface area contributed by atoms with Gasteiger partial charge in [-0.25, -0.2) is 9.97 Å². The summed E-state index contributed by atoms with van der Waals surface area (Å²) in [5, 5.41) is 0.314. The van der Waals surface area contributed by atoms with E-state index in [1.807, 2.05) is 0 Å². The van der Waals surface area contributed by atoms with Crippen LogP contribution in [0, 0.1) is 0 Å². The zero-order chi connectivity index (χ0) is 9.26. The van der Waals surface area contributed by atoms with E-state index in [9.17, 15) is 0 Å². The van der Waals surface area contributed by atoms with Gasteiger partial charge in [0.15, 0.2) is 0 Å². The largest absolute Gasteiger partial charge is 0.473 e. The molecule has 1 saturated carbocycles. The lowest BCUT2D eigenvalue weighted by molar-refractivity contribution is 0.114. The lowest BCUT2D eigenvalue weighted by Gasteiger charge is -2.25. The molecule has 1 aromatic heterocycles. The summed E-state index contributed by atoms with van der Waals surface area (Å²) in [6, 6.07) is 0. The Labute approximate surface area is 81.1 Å². The molecule has 0 aliphatic heterocycles. The molecule has 2 N–H and O–H groups in total. The number of hydrogen-bond donors (Lipinski definition) is 1. The maximum absolute atomic E-state index is 5.84. The molecule has 0 bridgehead atoms. The number of anilines is 1. The van der Waals surface area contributed by atoms with Crippen LogP contribution in [-0.2, 0) is 0 Å². The fraction of sp³-hybridized carbons (Fsp3) is 0.500. The van der Waals surface area contributed by atoms with Gasteiger partial charge in [0.1, 0.15) is 23.3 Å². The summed E-state index contributed by atoms with van der Waals surface area (Å²) >= 11 is 5.84. The number of rotatable bonds is 2. The Morgan fingerprint density at radius 2 is 2.23 bits per heavy atom. The zero-order valence-electron chi connectivity index (χ0n) is 7.03. The molecule has 0 radical (unpaired) electrons. The second-order valence-electron chi connectivity index (χ2n) is 3.05. The molecule has 0 amide bonds. The molecule has 0 saturated heterocycles. The highest BCUT2D eigenvalue weighted by Gasteiger charge is 2.21. The van der Waals surface area contributed by atoms with Gasteiger partial charge in [0.05, 0.1) is 0 Å². The van der Waals surface area contributed by atoms with Crippen molar-refractivity contribution in [3.8, 4) is 5.88 Å². The molecule has 5 heteroatoms. The van der Waals surface area contributed by atoms with Gasteiger partial charge in [0.2, 0.25) is 5.88 Å². The number of hydrogen-bond acceptors (Lipinski definition) is 4. The summed E-state index contributed by atoms with van der Waals surface area (Å²) in [6.45, 7) is 0. The minimum absolute atomic E-state index is 0.256. The summed E-state index contributed by atoms with van der Waals surface area (Å²) in [4.78, 5) is 7.66. The van der Waals surface area contributed by atoms with E-state index in [0.29, 0.717) is 10.9 Å². The highest BCUT2D eigenvalue weighted by atomic mass is 35.5. The van der Waals surface area contributed by atoms with Crippen molar-refractivity contribution < 1.29 is 4.74 Å². The van der Waals surface area contributed by atoms with Crippen molar-refractivity contribution in [1.82, 2.24) is 9.97 Å². The van der Waals surface area contributed by atoms with Crippen LogP contribution in [-0.4, -0.2) is 16.1 Å². The van der Waals surface area contributed by atoms with Crippen LogP contribution in [0.5, 0.6) is 5.88 Å². The van der Waals surface area contributed by atoms with Gasteiger partial charge in [0.25, 0.3) is 0 Å². The minimum Gasteiger partial charge on any atom is -0.473 e. The predicted octanol–water partition coefficient (Wildman–Crippen LogP) is 1.64. The Balaban J connectivity index is 2.14. The standard InChI is InChI=1S/C8H10ClN3O/c9-6-7(10)11-4-12-8(6)13-5-2-1-3-5/h4-5H,1-3H2,(H2,10,11,12). The second kappa shape index (κ2) is 3.38. The van der Waals surface area contributed by atoms with E-state index in [0.717, 1.165) is 12.8 Å². The van der Waals surface area contributed by atoms with Crippen LogP contribution < -0.4 is 10.5 Å². The van der Waals surface area contributed by atoms with E-state index >= 15 is 0 Å². The molecule has 0 spiro atoms. The van der Waals surface area contributed by atoms with Crippen molar-refractivity contribution in [3.63, 3.8) is 0 Å². The van der Waals surface area contributed by atoms with E-state index in [1.165, 1.54) is 12.7 Å². The molecule has 1 aliphatic rings. The van der Waals surface area contributed by atoms with Crippen LogP contribution in [0.25, 0.3) is 0 Å². The minimum atomic E-state index is 0.256. The predicted molar refractivity (Wildman–Crippen MR) is 49.7 cm³/mol. The summed E-state index contributed by atoms with van der Waals surface area (Å²) in [5.41, 5.74) is 5.49. The third-order valence-electron chi connectivity index (χ3n) is 2.11. The third kappa shape index (κ3) is 1.67. The summed E-state index contributed by atoms with van der Waals surface area (Å²) in [6.07, 6.45) is 4.96. The van der Waals surface area contributed by atoms with Crippen molar-refractivity contribution in [2.24, 2.45) is 0 Å². The SMILES string of the molecule is Nc1ncnc(OC2CCC2)c1Cl. The first-order valence-corrected chi connectivity index (χ1v) is 4.58. The zero-order valence-corrected chi connectivity index (χ0v) is 7.79. The first-order valence-electron chi connectivity index (χ1n) is 4.20. The van der Waals surface area contributed by atoms with Crippen LogP contribution in [0.1, 0.15) is 19.3 Å². The maximum atomic E-state index is 5.84. The lowest BCUT2D eigenvalue weighted by atomic mass is 9.96. The molecule has 70 valence electrons. The molecule has 4 nitrogen and oxygen atoms in total. The molecular formula is C8H10ClN3O. The Morgan fingerprint density at radius 3 is 2.85 bits per heavy atom. The highest BCUT2D eigenvalue weighted by molar-refractivity contribution is 6.33. The maximum Gasteiger partial charge on any atom is 0.238 e. The molecule has 0 aromatic carbocycles. The third-order valence-corrected chi connectivity index (χ3v) is 2.47. The molecule has 1 aromatic rings. The van der Waals surface area contributed by atoms with Crippen LogP contribution in [0.3, 0.4) is 0 Å². The second-order valence-corrected chi connectivity index (χ2v) is 3.43. The number of aromatic nitrogens is 2. The van der Waals surface area contributed by atoms with Gasteiger partial charge < -0.3 is 10.5 Å². The quantitative estimate of drug-likeness (QED) is 0.787. The van der Waals surface area contributed by atoms with E-state index in [4.69, 9.17) is 22.1 Å². The number of nitrogens with two attached hydrogens (primary N) is 1. The molecule has 2 rings (SSSR count). The molecule has 1 aliphatic carbocycles. The van der Waals surface area contributed by atoms with E-state index < -0.39 is 0 Å². The van der Waals surface area contributed by atoms with Crippen LogP contribution in [0.2, 0.25) is 5.02 Å². The Bertz CT molecular complexity index is 314. The average Bonchev–Trinajstić information content (AvgIpc) is 2.04. The summed E-state index contributed by atoms with van der Waals surface area (Å²) in [5.74, 6) is 0.671. The number of nitrogens with zero attached hydrogens (tertiary/aromatic N) is 2. The van der Waals surface area contributed by atoms with Crippen LogP contribution >= 0.6 is 11.6 Å². The smallest absolute Gasteiger partial charge is 0.238 e. The number of ether oxygens (including phenoxy) is 1. The highest BCUT2D eigenvalue weighted by Crippen LogP contribution is 2.30. The topological polar surface area (TPSA) is 61.0 Å². The van der Waals surface area contributed by atoms with Crippen molar-refractivity contribution in [3.05, 3.63) is 11.3 Å². The molecule has 13 heavy (non-hydrogen) atoms. The first kappa shape index (κ1) is 8.56. The Kier molecular flexibility index (Phi) is 2.22. The van der Waals surface area contributed by atoms with Gasteiger partial charge in [-0.15, -0.1) is 0 Å². The number of halogens is 1.